The standard InChI is InChI=1S/C16H13NO3/c17-13(18)9-12-15(19)14(10-5-2-1-3-6-10)11-7-4-8-20-16(11)12/h1-8,19H,9H2,(H2,17,18). The minimum atomic E-state index is -0.508. The molecule has 1 aromatic carbocycles. The van der Waals surface area contributed by atoms with Gasteiger partial charge < -0.3 is 15.3 Å². The lowest BCUT2D eigenvalue weighted by Gasteiger charge is -2.03. The van der Waals surface area contributed by atoms with Crippen molar-refractivity contribution < 1.29 is 14.3 Å². The van der Waals surface area contributed by atoms with Gasteiger partial charge in [-0.3, -0.25) is 4.79 Å². The Labute approximate surface area is 115 Å². The van der Waals surface area contributed by atoms with Crippen LogP contribution in [0.3, 0.4) is 0 Å². The molecule has 100 valence electrons. The minimum absolute atomic E-state index is 0.0529. The van der Waals surface area contributed by atoms with Crippen molar-refractivity contribution in [2.24, 2.45) is 5.73 Å². The van der Waals surface area contributed by atoms with Crippen LogP contribution in [0.4, 0.5) is 0 Å². The molecule has 4 heteroatoms. The van der Waals surface area contributed by atoms with Gasteiger partial charge in [0.25, 0.3) is 0 Å². The lowest BCUT2D eigenvalue weighted by Crippen LogP contribution is -2.13. The smallest absolute Gasteiger partial charge is 0.222 e. The van der Waals surface area contributed by atoms with Crippen molar-refractivity contribution in [2.45, 2.75) is 6.42 Å². The number of rotatable bonds is 3. The van der Waals surface area contributed by atoms with Crippen LogP contribution in [0.2, 0.25) is 0 Å². The molecule has 3 N–H and O–H groups in total. The SMILES string of the molecule is NC(=O)Cc1c2occcc-2c(-c2ccccc2)c1O. The lowest BCUT2D eigenvalue weighted by atomic mass is 10.0. The Hall–Kier alpha value is -2.75. The van der Waals surface area contributed by atoms with E-state index in [0.29, 0.717) is 16.9 Å². The van der Waals surface area contributed by atoms with Crippen LogP contribution in [0, 0.1) is 0 Å². The van der Waals surface area contributed by atoms with Crippen molar-refractivity contribution in [1.82, 2.24) is 0 Å². The summed E-state index contributed by atoms with van der Waals surface area (Å²) in [5.41, 5.74) is 7.98. The maximum Gasteiger partial charge on any atom is 0.222 e. The Balaban J connectivity index is 2.28. The van der Waals surface area contributed by atoms with Crippen LogP contribution in [-0.4, -0.2) is 11.0 Å². The van der Waals surface area contributed by atoms with E-state index in [4.69, 9.17) is 10.2 Å². The van der Waals surface area contributed by atoms with Gasteiger partial charge in [-0.15, -0.1) is 0 Å². The molecule has 0 spiro atoms. The van der Waals surface area contributed by atoms with E-state index in [2.05, 4.69) is 0 Å². The van der Waals surface area contributed by atoms with Crippen molar-refractivity contribution in [3.63, 3.8) is 0 Å². The number of hydrogen-bond acceptors (Lipinski definition) is 3. The van der Waals surface area contributed by atoms with Gasteiger partial charge >= 0.3 is 0 Å². The van der Waals surface area contributed by atoms with Crippen molar-refractivity contribution in [3.8, 4) is 28.2 Å². The molecule has 1 aromatic rings. The van der Waals surface area contributed by atoms with Crippen LogP contribution in [0.15, 0.2) is 53.1 Å². The highest BCUT2D eigenvalue weighted by atomic mass is 16.3. The Morgan fingerprint density at radius 2 is 1.90 bits per heavy atom. The molecule has 0 aromatic heterocycles. The zero-order valence-electron chi connectivity index (χ0n) is 10.7. The Morgan fingerprint density at radius 3 is 2.60 bits per heavy atom. The van der Waals surface area contributed by atoms with Gasteiger partial charge in [-0.1, -0.05) is 30.3 Å². The van der Waals surface area contributed by atoms with Crippen molar-refractivity contribution in [3.05, 3.63) is 54.3 Å². The molecule has 0 fully saturated rings. The third kappa shape index (κ3) is 1.91. The highest BCUT2D eigenvalue weighted by Crippen LogP contribution is 2.47. The summed E-state index contributed by atoms with van der Waals surface area (Å²) < 4.78 is 5.46. The molecule has 4 nitrogen and oxygen atoms in total. The fraction of sp³-hybridized carbons (Fsp3) is 0.0625. The van der Waals surface area contributed by atoms with Crippen LogP contribution in [0.25, 0.3) is 22.5 Å². The van der Waals surface area contributed by atoms with Crippen molar-refractivity contribution >= 4 is 5.91 Å². The molecule has 3 rings (SSSR count). The molecule has 0 atom stereocenters. The first kappa shape index (κ1) is 12.3. The maximum absolute atomic E-state index is 11.2. The fourth-order valence-electron chi connectivity index (χ4n) is 2.43. The summed E-state index contributed by atoms with van der Waals surface area (Å²) in [7, 11) is 0. The number of primary amides is 1. The second-order valence-corrected chi connectivity index (χ2v) is 4.57. The second kappa shape index (κ2) is 4.74. The van der Waals surface area contributed by atoms with Crippen molar-refractivity contribution in [2.75, 3.05) is 0 Å². The van der Waals surface area contributed by atoms with E-state index in [1.807, 2.05) is 36.4 Å². The molecule has 1 heterocycles. The Morgan fingerprint density at radius 1 is 1.15 bits per heavy atom. The first-order valence-corrected chi connectivity index (χ1v) is 6.23. The molecule has 0 unspecified atom stereocenters. The number of benzene rings is 1. The normalized spacial score (nSPS) is 10.8. The van der Waals surface area contributed by atoms with E-state index in [-0.39, 0.29) is 12.2 Å². The van der Waals surface area contributed by atoms with E-state index < -0.39 is 5.91 Å². The van der Waals surface area contributed by atoms with Crippen LogP contribution in [0.1, 0.15) is 5.56 Å². The maximum atomic E-state index is 11.2. The topological polar surface area (TPSA) is 76.5 Å². The summed E-state index contributed by atoms with van der Waals surface area (Å²) in [6.07, 6.45) is 1.46. The van der Waals surface area contributed by atoms with Crippen LogP contribution in [-0.2, 0) is 11.2 Å². The zero-order valence-corrected chi connectivity index (χ0v) is 10.7. The molecule has 0 saturated heterocycles. The van der Waals surface area contributed by atoms with Gasteiger partial charge in [0.05, 0.1) is 12.7 Å². The molecule has 0 saturated carbocycles. The fourth-order valence-corrected chi connectivity index (χ4v) is 2.43. The van der Waals surface area contributed by atoms with Gasteiger partial charge in [0, 0.05) is 16.7 Å². The largest absolute Gasteiger partial charge is 0.507 e. The van der Waals surface area contributed by atoms with E-state index >= 15 is 0 Å². The average molecular weight is 267 g/mol. The molecular formula is C16H13NO3. The first-order chi connectivity index (χ1) is 9.68. The number of fused-ring (bicyclic) bond motifs is 1. The Bertz CT molecular complexity index is 731. The second-order valence-electron chi connectivity index (χ2n) is 4.57. The third-order valence-corrected chi connectivity index (χ3v) is 3.25. The van der Waals surface area contributed by atoms with E-state index in [0.717, 1.165) is 11.1 Å². The number of hydrogen-bond donors (Lipinski definition) is 2. The summed E-state index contributed by atoms with van der Waals surface area (Å²) in [5.74, 6) is 0.0495. The summed E-state index contributed by atoms with van der Waals surface area (Å²) in [6.45, 7) is 0. The minimum Gasteiger partial charge on any atom is -0.507 e. The third-order valence-electron chi connectivity index (χ3n) is 3.25. The summed E-state index contributed by atoms with van der Waals surface area (Å²) in [6, 6.07) is 13.1. The molecule has 1 amide bonds. The summed E-state index contributed by atoms with van der Waals surface area (Å²) in [5, 5.41) is 10.4. The number of carbonyl (C=O) groups is 1. The van der Waals surface area contributed by atoms with Gasteiger partial charge in [-0.05, 0) is 17.7 Å². The number of carbonyl (C=O) groups excluding carboxylic acids is 1. The Kier molecular flexibility index (Phi) is 2.91. The molecule has 0 bridgehead atoms. The van der Waals surface area contributed by atoms with E-state index in [9.17, 15) is 9.90 Å². The lowest BCUT2D eigenvalue weighted by molar-refractivity contribution is -0.117. The highest BCUT2D eigenvalue weighted by Gasteiger charge is 2.26. The van der Waals surface area contributed by atoms with Crippen molar-refractivity contribution in [1.29, 1.82) is 0 Å². The number of nitrogens with two attached hydrogens (primary N) is 1. The molecule has 0 radical (unpaired) electrons. The predicted molar refractivity (Wildman–Crippen MR) is 75.3 cm³/mol. The zero-order chi connectivity index (χ0) is 14.1. The molecule has 1 aliphatic carbocycles. The highest BCUT2D eigenvalue weighted by molar-refractivity contribution is 5.94. The van der Waals surface area contributed by atoms with Gasteiger partial charge in [0.1, 0.15) is 11.5 Å². The molecular weight excluding hydrogens is 254 g/mol. The van der Waals surface area contributed by atoms with Gasteiger partial charge in [-0.2, -0.15) is 0 Å². The van der Waals surface area contributed by atoms with Crippen LogP contribution >= 0.6 is 0 Å². The number of amides is 1. The van der Waals surface area contributed by atoms with Crippen LogP contribution in [0.5, 0.6) is 5.75 Å². The number of aromatic hydroxyl groups is 1. The van der Waals surface area contributed by atoms with Gasteiger partial charge in [0.15, 0.2) is 0 Å². The monoisotopic (exact) mass is 267 g/mol. The van der Waals surface area contributed by atoms with Gasteiger partial charge in [-0.25, -0.2) is 0 Å². The van der Waals surface area contributed by atoms with E-state index in [1.54, 1.807) is 6.07 Å². The first-order valence-electron chi connectivity index (χ1n) is 6.23. The molecule has 20 heavy (non-hydrogen) atoms. The predicted octanol–water partition coefficient (Wildman–Crippen LogP) is 2.78. The van der Waals surface area contributed by atoms with Gasteiger partial charge in [0.2, 0.25) is 5.91 Å². The van der Waals surface area contributed by atoms with E-state index in [1.165, 1.54) is 6.26 Å². The van der Waals surface area contributed by atoms with Crippen LogP contribution < -0.4 is 5.73 Å². The summed E-state index contributed by atoms with van der Waals surface area (Å²) >= 11 is 0. The molecule has 2 aliphatic rings. The molecule has 1 aliphatic heterocycles. The average Bonchev–Trinajstić information content (AvgIpc) is 2.72. The summed E-state index contributed by atoms with van der Waals surface area (Å²) in [4.78, 5) is 11.2. The quantitative estimate of drug-likeness (QED) is 0.766.